The van der Waals surface area contributed by atoms with E-state index in [4.69, 9.17) is 9.68 Å². The largest absolute Gasteiger partial charge is 0.383 e. The lowest BCUT2D eigenvalue weighted by atomic mass is 9.46. The molecular formula is C27H36N2O7. The molecule has 5 rings (SSSR count). The Labute approximate surface area is 211 Å². The zero-order chi connectivity index (χ0) is 25.9. The maximum atomic E-state index is 12.4. The van der Waals surface area contributed by atoms with Gasteiger partial charge < -0.3 is 14.8 Å². The van der Waals surface area contributed by atoms with Crippen molar-refractivity contribution >= 4 is 29.3 Å². The topological polar surface area (TPSA) is 123 Å². The van der Waals surface area contributed by atoms with E-state index in [0.717, 1.165) is 50.7 Å². The van der Waals surface area contributed by atoms with Gasteiger partial charge in [-0.15, -0.1) is 5.06 Å². The number of ketones is 1. The molecule has 0 bridgehead atoms. The number of allylic oxidation sites excluding steroid dienone is 2. The summed E-state index contributed by atoms with van der Waals surface area (Å²) >= 11 is 0. The Morgan fingerprint density at radius 2 is 1.72 bits per heavy atom. The van der Waals surface area contributed by atoms with Crippen LogP contribution >= 0.6 is 0 Å². The highest BCUT2D eigenvalue weighted by Crippen LogP contribution is 2.67. The van der Waals surface area contributed by atoms with E-state index < -0.39 is 30.0 Å². The van der Waals surface area contributed by atoms with Crippen molar-refractivity contribution in [3.05, 3.63) is 11.6 Å². The molecule has 0 aromatic heterocycles. The van der Waals surface area contributed by atoms with E-state index >= 15 is 0 Å². The first-order valence-electron chi connectivity index (χ1n) is 13.2. The van der Waals surface area contributed by atoms with E-state index in [0.29, 0.717) is 29.2 Å². The number of oxime groups is 1. The first kappa shape index (κ1) is 25.1. The van der Waals surface area contributed by atoms with Crippen molar-refractivity contribution in [1.82, 2.24) is 5.06 Å². The van der Waals surface area contributed by atoms with Crippen LogP contribution in [0.2, 0.25) is 0 Å². The second-order valence-electron chi connectivity index (χ2n) is 11.8. The van der Waals surface area contributed by atoms with Crippen LogP contribution < -0.4 is 0 Å². The van der Waals surface area contributed by atoms with Crippen molar-refractivity contribution in [2.45, 2.75) is 90.6 Å². The summed E-state index contributed by atoms with van der Waals surface area (Å²) in [5.74, 6) is -0.616. The van der Waals surface area contributed by atoms with Crippen LogP contribution in [0.1, 0.15) is 85.0 Å². The number of nitrogens with zero attached hydrogens (tertiary/aromatic N) is 2. The number of fused-ring (bicyclic) bond motifs is 5. The Bertz CT molecular complexity index is 1050. The Hall–Kier alpha value is -2.55. The van der Waals surface area contributed by atoms with E-state index in [1.807, 2.05) is 0 Å². The minimum absolute atomic E-state index is 0.0427. The van der Waals surface area contributed by atoms with Crippen molar-refractivity contribution in [1.29, 1.82) is 0 Å². The molecule has 6 atom stereocenters. The molecule has 1 saturated heterocycles. The summed E-state index contributed by atoms with van der Waals surface area (Å²) in [5.41, 5.74) is 0.646. The van der Waals surface area contributed by atoms with Gasteiger partial charge in [0.1, 0.15) is 5.60 Å². The number of hydroxylamine groups is 2. The molecule has 0 radical (unpaired) electrons. The summed E-state index contributed by atoms with van der Waals surface area (Å²) in [4.78, 5) is 57.5. The molecule has 6 unspecified atom stereocenters. The molecule has 4 aliphatic carbocycles. The number of imide groups is 1. The quantitative estimate of drug-likeness (QED) is 0.454. The molecule has 2 amide bonds. The molecule has 36 heavy (non-hydrogen) atoms. The first-order valence-corrected chi connectivity index (χ1v) is 13.2. The number of hydrogen-bond donors (Lipinski definition) is 1. The summed E-state index contributed by atoms with van der Waals surface area (Å²) in [6.45, 7) is 5.55. The minimum Gasteiger partial charge on any atom is -0.383 e. The van der Waals surface area contributed by atoms with Crippen LogP contribution in [0.25, 0.3) is 0 Å². The van der Waals surface area contributed by atoms with Gasteiger partial charge in [-0.1, -0.05) is 24.6 Å². The van der Waals surface area contributed by atoms with Gasteiger partial charge in [0.05, 0.1) is 5.71 Å². The highest BCUT2D eigenvalue weighted by molar-refractivity contribution is 6.01. The van der Waals surface area contributed by atoms with E-state index in [9.17, 15) is 24.3 Å². The maximum absolute atomic E-state index is 12.4. The predicted molar refractivity (Wildman–Crippen MR) is 128 cm³/mol. The van der Waals surface area contributed by atoms with Gasteiger partial charge in [-0.2, -0.15) is 0 Å². The van der Waals surface area contributed by atoms with Gasteiger partial charge >= 0.3 is 5.97 Å². The van der Waals surface area contributed by atoms with Crippen LogP contribution in [0.4, 0.5) is 0 Å². The Morgan fingerprint density at radius 1 is 1.03 bits per heavy atom. The smallest absolute Gasteiger partial charge is 0.373 e. The average Bonchev–Trinajstić information content (AvgIpc) is 3.30. The van der Waals surface area contributed by atoms with Crippen molar-refractivity contribution in [2.24, 2.45) is 33.7 Å². The lowest BCUT2D eigenvalue weighted by Gasteiger charge is -2.59. The molecule has 1 N–H and O–H groups in total. The lowest BCUT2D eigenvalue weighted by molar-refractivity contribution is -0.200. The van der Waals surface area contributed by atoms with Crippen LogP contribution in [0, 0.1) is 28.6 Å². The van der Waals surface area contributed by atoms with E-state index in [2.05, 4.69) is 25.1 Å². The third-order valence-electron chi connectivity index (χ3n) is 10.3. The molecule has 0 spiro atoms. The fourth-order valence-corrected chi connectivity index (χ4v) is 8.19. The number of carbonyl (C=O) groups is 4. The number of amides is 2. The zero-order valence-electron chi connectivity index (χ0n) is 21.4. The van der Waals surface area contributed by atoms with Crippen LogP contribution in [0.3, 0.4) is 0 Å². The monoisotopic (exact) mass is 500 g/mol. The Morgan fingerprint density at radius 3 is 2.42 bits per heavy atom. The second kappa shape index (κ2) is 8.78. The summed E-state index contributed by atoms with van der Waals surface area (Å²) in [5, 5.41) is 16.0. The molecule has 196 valence electrons. The fraction of sp³-hybridized carbons (Fsp3) is 0.741. The SMILES string of the molecule is CC(=O)C1(O)CCC2C3CCC4=CC(=NOCC(=O)ON5C(=O)CCC5=O)CCC4(C)C3CCC21C. The third-order valence-corrected chi connectivity index (χ3v) is 10.3. The van der Waals surface area contributed by atoms with Gasteiger partial charge in [0.15, 0.2) is 5.78 Å². The highest BCUT2D eigenvalue weighted by Gasteiger charge is 2.65. The van der Waals surface area contributed by atoms with Crippen LogP contribution in [-0.2, 0) is 28.9 Å². The van der Waals surface area contributed by atoms with Gasteiger partial charge in [0.25, 0.3) is 11.8 Å². The standard InChI is InChI=1S/C27H36N2O7/c1-16(30)27(34)13-10-21-19-5-4-17-14-18(8-11-25(17,2)20(19)9-12-26(21,27)3)28-35-15-24(33)36-29-22(31)6-7-23(29)32/h14,19-21,34H,4-13,15H2,1-3H3. The van der Waals surface area contributed by atoms with E-state index in [1.165, 1.54) is 12.5 Å². The number of carbonyl (C=O) groups excluding carboxylic acids is 4. The van der Waals surface area contributed by atoms with Gasteiger partial charge in [0.2, 0.25) is 6.61 Å². The molecule has 1 aliphatic heterocycles. The van der Waals surface area contributed by atoms with Gasteiger partial charge in [-0.05, 0) is 87.5 Å². The molecule has 3 saturated carbocycles. The Kier molecular flexibility index (Phi) is 6.13. The summed E-state index contributed by atoms with van der Waals surface area (Å²) in [7, 11) is 0. The predicted octanol–water partition coefficient (Wildman–Crippen LogP) is 3.25. The normalized spacial score (nSPS) is 40.9. The van der Waals surface area contributed by atoms with Crippen molar-refractivity contribution in [2.75, 3.05) is 6.61 Å². The number of hydrogen-bond acceptors (Lipinski definition) is 8. The van der Waals surface area contributed by atoms with Crippen LogP contribution in [-0.4, -0.2) is 51.7 Å². The molecule has 4 fully saturated rings. The molecule has 9 heteroatoms. The fourth-order valence-electron chi connectivity index (χ4n) is 8.19. The molecular weight excluding hydrogens is 464 g/mol. The van der Waals surface area contributed by atoms with Crippen LogP contribution in [0.15, 0.2) is 16.8 Å². The van der Waals surface area contributed by atoms with E-state index in [-0.39, 0.29) is 29.5 Å². The number of rotatable bonds is 5. The van der Waals surface area contributed by atoms with Gasteiger partial charge in [-0.3, -0.25) is 14.4 Å². The third kappa shape index (κ3) is 3.73. The highest BCUT2D eigenvalue weighted by atomic mass is 16.7. The second-order valence-corrected chi connectivity index (χ2v) is 11.8. The van der Waals surface area contributed by atoms with E-state index in [1.54, 1.807) is 0 Å². The molecule has 0 aromatic carbocycles. The van der Waals surface area contributed by atoms with Gasteiger partial charge in [0, 0.05) is 18.3 Å². The number of aliphatic hydroxyl groups is 1. The molecule has 5 aliphatic rings. The molecule has 9 nitrogen and oxygen atoms in total. The average molecular weight is 501 g/mol. The van der Waals surface area contributed by atoms with Gasteiger partial charge in [-0.25, -0.2) is 4.79 Å². The van der Waals surface area contributed by atoms with Crippen molar-refractivity contribution in [3.63, 3.8) is 0 Å². The van der Waals surface area contributed by atoms with Crippen molar-refractivity contribution < 1.29 is 34.0 Å². The lowest BCUT2D eigenvalue weighted by Crippen LogP contribution is -2.57. The summed E-state index contributed by atoms with van der Waals surface area (Å²) < 4.78 is 0. The maximum Gasteiger partial charge on any atom is 0.373 e. The summed E-state index contributed by atoms with van der Waals surface area (Å²) in [6, 6.07) is 0. The summed E-state index contributed by atoms with van der Waals surface area (Å²) in [6.07, 6.45) is 9.19. The first-order chi connectivity index (χ1) is 17.0. The van der Waals surface area contributed by atoms with Crippen molar-refractivity contribution in [3.8, 4) is 0 Å². The molecule has 0 aromatic rings. The molecule has 1 heterocycles. The minimum atomic E-state index is -1.19. The zero-order valence-corrected chi connectivity index (χ0v) is 21.4. The number of Topliss-reactive ketones (excluding diaryl/α,β-unsaturated/α-hetero) is 1. The van der Waals surface area contributed by atoms with Crippen LogP contribution in [0.5, 0.6) is 0 Å². The Balaban J connectivity index is 1.24.